The number of hydrogen-bond acceptors (Lipinski definition) is 1. The molecule has 1 nitrogen and oxygen atoms in total. The normalized spacial score (nSPS) is 38.8. The van der Waals surface area contributed by atoms with Gasteiger partial charge in [-0.15, -0.1) is 0 Å². The van der Waals surface area contributed by atoms with Crippen molar-refractivity contribution in [3.05, 3.63) is 0 Å². The maximum atomic E-state index is 5.80. The van der Waals surface area contributed by atoms with Crippen LogP contribution in [0.3, 0.4) is 0 Å². The van der Waals surface area contributed by atoms with Crippen LogP contribution in [-0.2, 0) is 4.74 Å². The van der Waals surface area contributed by atoms with Crippen molar-refractivity contribution in [3.8, 4) is 0 Å². The lowest BCUT2D eigenvalue weighted by atomic mass is 9.83. The van der Waals surface area contributed by atoms with Gasteiger partial charge in [-0.25, -0.2) is 0 Å². The highest BCUT2D eigenvalue weighted by Gasteiger charge is 2.30. The predicted octanol–water partition coefficient (Wildman–Crippen LogP) is 2.99. The van der Waals surface area contributed by atoms with Gasteiger partial charge in [-0.1, -0.05) is 26.2 Å². The van der Waals surface area contributed by atoms with E-state index in [0.717, 1.165) is 18.4 Å². The van der Waals surface area contributed by atoms with Crippen LogP contribution in [-0.4, -0.2) is 12.7 Å². The summed E-state index contributed by atoms with van der Waals surface area (Å²) in [5, 5.41) is 0. The standard InChI is InChI=1S/C11H20O/c1-9-7-11(12-8-9)10-5-3-2-4-6-10/h9-11H,2-8H2,1H3/t9-,11+/m0/s1. The van der Waals surface area contributed by atoms with E-state index in [2.05, 4.69) is 6.92 Å². The van der Waals surface area contributed by atoms with Crippen LogP contribution in [0, 0.1) is 11.8 Å². The van der Waals surface area contributed by atoms with E-state index >= 15 is 0 Å². The van der Waals surface area contributed by atoms with Crippen LogP contribution in [0.5, 0.6) is 0 Å². The average Bonchev–Trinajstić information content (AvgIpc) is 2.54. The van der Waals surface area contributed by atoms with Gasteiger partial charge < -0.3 is 4.74 Å². The van der Waals surface area contributed by atoms with E-state index in [1.165, 1.54) is 38.5 Å². The third-order valence-electron chi connectivity index (χ3n) is 3.41. The summed E-state index contributed by atoms with van der Waals surface area (Å²) >= 11 is 0. The topological polar surface area (TPSA) is 9.23 Å². The van der Waals surface area contributed by atoms with Crippen molar-refractivity contribution in [1.29, 1.82) is 0 Å². The van der Waals surface area contributed by atoms with Gasteiger partial charge in [-0.2, -0.15) is 0 Å². The second-order valence-corrected chi connectivity index (χ2v) is 4.61. The van der Waals surface area contributed by atoms with E-state index in [0.29, 0.717) is 6.10 Å². The van der Waals surface area contributed by atoms with Crippen LogP contribution >= 0.6 is 0 Å². The lowest BCUT2D eigenvalue weighted by molar-refractivity contribution is 0.0464. The molecule has 0 spiro atoms. The Morgan fingerprint density at radius 3 is 2.42 bits per heavy atom. The molecule has 1 heterocycles. The minimum Gasteiger partial charge on any atom is -0.378 e. The molecule has 0 unspecified atom stereocenters. The van der Waals surface area contributed by atoms with Crippen molar-refractivity contribution in [1.82, 2.24) is 0 Å². The Hall–Kier alpha value is -0.0400. The highest BCUT2D eigenvalue weighted by molar-refractivity contribution is 4.79. The van der Waals surface area contributed by atoms with Crippen LogP contribution in [0.15, 0.2) is 0 Å². The van der Waals surface area contributed by atoms with Crippen molar-refractivity contribution in [3.63, 3.8) is 0 Å². The first-order valence-electron chi connectivity index (χ1n) is 5.48. The maximum absolute atomic E-state index is 5.80. The SMILES string of the molecule is C[C@@H]1CO[C@@H](C2CCCCC2)C1. The van der Waals surface area contributed by atoms with Crippen molar-refractivity contribution in [2.45, 2.75) is 51.6 Å². The molecule has 0 aromatic rings. The van der Waals surface area contributed by atoms with Crippen molar-refractivity contribution < 1.29 is 4.74 Å². The molecular formula is C11H20O. The smallest absolute Gasteiger partial charge is 0.0606 e. The summed E-state index contributed by atoms with van der Waals surface area (Å²) in [5.74, 6) is 1.72. The zero-order valence-corrected chi connectivity index (χ0v) is 8.09. The molecule has 0 aromatic heterocycles. The van der Waals surface area contributed by atoms with Gasteiger partial charge in [0.05, 0.1) is 6.10 Å². The summed E-state index contributed by atoms with van der Waals surface area (Å²) in [6, 6.07) is 0. The van der Waals surface area contributed by atoms with Crippen LogP contribution in [0.25, 0.3) is 0 Å². The highest BCUT2D eigenvalue weighted by Crippen LogP contribution is 2.34. The van der Waals surface area contributed by atoms with Gasteiger partial charge in [0.1, 0.15) is 0 Å². The number of ether oxygens (including phenoxy) is 1. The molecule has 0 bridgehead atoms. The molecule has 2 fully saturated rings. The number of hydrogen-bond donors (Lipinski definition) is 0. The van der Waals surface area contributed by atoms with Gasteiger partial charge >= 0.3 is 0 Å². The molecule has 0 aromatic carbocycles. The van der Waals surface area contributed by atoms with Gasteiger partial charge in [0.25, 0.3) is 0 Å². The Morgan fingerprint density at radius 1 is 1.08 bits per heavy atom. The Labute approximate surface area is 75.5 Å². The van der Waals surface area contributed by atoms with E-state index in [-0.39, 0.29) is 0 Å². The molecule has 1 saturated carbocycles. The summed E-state index contributed by atoms with van der Waals surface area (Å²) in [7, 11) is 0. The summed E-state index contributed by atoms with van der Waals surface area (Å²) < 4.78 is 5.80. The van der Waals surface area contributed by atoms with Gasteiger partial charge in [0.15, 0.2) is 0 Å². The van der Waals surface area contributed by atoms with Gasteiger partial charge in [-0.05, 0) is 31.1 Å². The monoisotopic (exact) mass is 168 g/mol. The summed E-state index contributed by atoms with van der Waals surface area (Å²) in [5.41, 5.74) is 0. The van der Waals surface area contributed by atoms with E-state index in [1.54, 1.807) is 0 Å². The minimum absolute atomic E-state index is 0.625. The van der Waals surface area contributed by atoms with Crippen LogP contribution in [0.2, 0.25) is 0 Å². The first-order chi connectivity index (χ1) is 5.86. The molecule has 1 aliphatic heterocycles. The first-order valence-corrected chi connectivity index (χ1v) is 5.48. The molecule has 2 atom stereocenters. The molecule has 0 N–H and O–H groups in total. The Kier molecular flexibility index (Phi) is 2.69. The van der Waals surface area contributed by atoms with Crippen molar-refractivity contribution in [2.24, 2.45) is 11.8 Å². The average molecular weight is 168 g/mol. The van der Waals surface area contributed by atoms with Gasteiger partial charge in [0.2, 0.25) is 0 Å². The second kappa shape index (κ2) is 3.78. The Bertz CT molecular complexity index is 135. The zero-order chi connectivity index (χ0) is 8.39. The fourth-order valence-electron chi connectivity index (χ4n) is 2.66. The van der Waals surface area contributed by atoms with E-state index < -0.39 is 0 Å². The minimum atomic E-state index is 0.625. The maximum Gasteiger partial charge on any atom is 0.0606 e. The molecule has 1 saturated heterocycles. The summed E-state index contributed by atoms with van der Waals surface area (Å²) in [4.78, 5) is 0. The van der Waals surface area contributed by atoms with E-state index in [9.17, 15) is 0 Å². The quantitative estimate of drug-likeness (QED) is 0.585. The van der Waals surface area contributed by atoms with Gasteiger partial charge in [0, 0.05) is 6.61 Å². The first kappa shape index (κ1) is 8.55. The summed E-state index contributed by atoms with van der Waals surface area (Å²) in [6.07, 6.45) is 9.15. The fraction of sp³-hybridized carbons (Fsp3) is 1.00. The van der Waals surface area contributed by atoms with Gasteiger partial charge in [-0.3, -0.25) is 0 Å². The fourth-order valence-corrected chi connectivity index (χ4v) is 2.66. The molecule has 70 valence electrons. The number of rotatable bonds is 1. The third-order valence-corrected chi connectivity index (χ3v) is 3.41. The van der Waals surface area contributed by atoms with E-state index in [4.69, 9.17) is 4.74 Å². The zero-order valence-electron chi connectivity index (χ0n) is 8.09. The molecule has 0 amide bonds. The van der Waals surface area contributed by atoms with Crippen molar-refractivity contribution >= 4 is 0 Å². The molecule has 12 heavy (non-hydrogen) atoms. The Balaban J connectivity index is 1.83. The molecule has 0 radical (unpaired) electrons. The Morgan fingerprint density at radius 2 is 1.83 bits per heavy atom. The summed E-state index contributed by atoms with van der Waals surface area (Å²) in [6.45, 7) is 3.32. The van der Waals surface area contributed by atoms with Crippen molar-refractivity contribution in [2.75, 3.05) is 6.61 Å². The van der Waals surface area contributed by atoms with Crippen LogP contribution < -0.4 is 0 Å². The van der Waals surface area contributed by atoms with Crippen LogP contribution in [0.1, 0.15) is 45.4 Å². The van der Waals surface area contributed by atoms with Crippen LogP contribution in [0.4, 0.5) is 0 Å². The molecule has 1 heteroatoms. The predicted molar refractivity (Wildman–Crippen MR) is 50.1 cm³/mol. The third kappa shape index (κ3) is 1.82. The largest absolute Gasteiger partial charge is 0.378 e. The highest BCUT2D eigenvalue weighted by atomic mass is 16.5. The lowest BCUT2D eigenvalue weighted by Gasteiger charge is -2.26. The lowest BCUT2D eigenvalue weighted by Crippen LogP contribution is -2.22. The molecule has 2 aliphatic rings. The molecule has 2 rings (SSSR count). The second-order valence-electron chi connectivity index (χ2n) is 4.61. The molecule has 1 aliphatic carbocycles. The molecular weight excluding hydrogens is 148 g/mol. The van der Waals surface area contributed by atoms with E-state index in [1.807, 2.05) is 0 Å².